The Morgan fingerprint density at radius 3 is 2.67 bits per heavy atom. The van der Waals surface area contributed by atoms with Crippen molar-refractivity contribution >= 4 is 39.4 Å². The van der Waals surface area contributed by atoms with Gasteiger partial charge in [-0.05, 0) is 45.6 Å². The third-order valence-electron chi connectivity index (χ3n) is 6.72. The van der Waals surface area contributed by atoms with Crippen LogP contribution >= 0.6 is 11.3 Å². The van der Waals surface area contributed by atoms with Crippen LogP contribution in [0.2, 0.25) is 0 Å². The van der Waals surface area contributed by atoms with Gasteiger partial charge in [-0.2, -0.15) is 18.2 Å². The van der Waals surface area contributed by atoms with Crippen LogP contribution in [0.1, 0.15) is 57.1 Å². The number of alkyl carbamates (subject to hydrolysis) is 1. The zero-order valence-electron chi connectivity index (χ0n) is 22.5. The maximum atomic E-state index is 13.3. The molecule has 0 unspecified atom stereocenters. The van der Waals surface area contributed by atoms with Gasteiger partial charge in [0.05, 0.1) is 11.9 Å². The number of hydrogen-bond acceptors (Lipinski definition) is 9. The van der Waals surface area contributed by atoms with Crippen molar-refractivity contribution in [3.63, 3.8) is 0 Å². The minimum atomic E-state index is -4.55. The van der Waals surface area contributed by atoms with E-state index in [2.05, 4.69) is 33.4 Å². The monoisotopic (exact) mass is 566 g/mol. The predicted octanol–water partition coefficient (Wildman–Crippen LogP) is 4.63. The third-order valence-corrected chi connectivity index (χ3v) is 7.81. The highest BCUT2D eigenvalue weighted by Gasteiger charge is 2.40. The van der Waals surface area contributed by atoms with Gasteiger partial charge in [0, 0.05) is 37.6 Å². The van der Waals surface area contributed by atoms with Crippen molar-refractivity contribution in [1.29, 1.82) is 0 Å². The summed E-state index contributed by atoms with van der Waals surface area (Å²) in [7, 11) is 0. The number of amides is 1. The van der Waals surface area contributed by atoms with E-state index in [1.807, 2.05) is 25.7 Å². The van der Waals surface area contributed by atoms with E-state index in [1.165, 1.54) is 4.88 Å². The molecular weight excluding hydrogens is 533 g/mol. The Balaban J connectivity index is 1.37. The fourth-order valence-corrected chi connectivity index (χ4v) is 6.09. The van der Waals surface area contributed by atoms with Crippen LogP contribution in [-0.2, 0) is 30.4 Å². The van der Waals surface area contributed by atoms with Gasteiger partial charge in [0.25, 0.3) is 0 Å². The van der Waals surface area contributed by atoms with E-state index >= 15 is 0 Å². The summed E-state index contributed by atoms with van der Waals surface area (Å²) in [5.41, 5.74) is -0.557. The molecule has 0 aliphatic carbocycles. The van der Waals surface area contributed by atoms with Crippen molar-refractivity contribution in [2.24, 2.45) is 5.92 Å². The van der Waals surface area contributed by atoms with E-state index in [1.54, 1.807) is 11.3 Å². The molecule has 0 saturated carbocycles. The quantitative estimate of drug-likeness (QED) is 0.461. The van der Waals surface area contributed by atoms with Crippen LogP contribution in [0.3, 0.4) is 0 Å². The summed E-state index contributed by atoms with van der Waals surface area (Å²) in [5, 5.41) is 11.0. The normalized spacial score (nSPS) is 18.1. The first-order valence-corrected chi connectivity index (χ1v) is 14.0. The number of aromatic nitrogens is 5. The summed E-state index contributed by atoms with van der Waals surface area (Å²) in [6, 6.07) is 2.10. The van der Waals surface area contributed by atoms with E-state index in [-0.39, 0.29) is 24.8 Å². The number of hydrogen-bond donors (Lipinski definition) is 1. The van der Waals surface area contributed by atoms with Gasteiger partial charge in [0.15, 0.2) is 5.82 Å². The molecule has 1 amide bonds. The van der Waals surface area contributed by atoms with E-state index in [0.29, 0.717) is 31.4 Å². The largest absolute Gasteiger partial charge is 0.451 e. The topological polar surface area (TPSA) is 101 Å². The van der Waals surface area contributed by atoms with Crippen LogP contribution in [0.5, 0.6) is 0 Å². The van der Waals surface area contributed by atoms with Gasteiger partial charge in [-0.25, -0.2) is 9.78 Å². The number of ether oxygens (including phenoxy) is 1. The zero-order chi connectivity index (χ0) is 27.9. The van der Waals surface area contributed by atoms with E-state index < -0.39 is 23.7 Å². The first-order valence-electron chi connectivity index (χ1n) is 13.2. The minimum absolute atomic E-state index is 0.117. The Kier molecular flexibility index (Phi) is 7.33. The second-order valence-electron chi connectivity index (χ2n) is 11.0. The lowest BCUT2D eigenvalue weighted by Crippen LogP contribution is -2.36. The van der Waals surface area contributed by atoms with Gasteiger partial charge in [-0.3, -0.25) is 0 Å². The van der Waals surface area contributed by atoms with Crippen molar-refractivity contribution in [1.82, 2.24) is 30.0 Å². The standard InChI is InChI=1S/C25H33F3N8O2S/c1-5-6-16-11-17-19(34-9-10-36-18(14-34)32-33-21(36)25(26,27)28)30-22(31-20(17)39-16)35-8-7-15(13-35)12-29-23(37)38-24(2,3)4/h11,15H,5-10,12-14H2,1-4H3,(H,29,37)/t15-/m0/s1. The number of nitrogens with one attached hydrogen (secondary N) is 1. The molecule has 0 aromatic carbocycles. The second-order valence-corrected chi connectivity index (χ2v) is 12.1. The average molecular weight is 567 g/mol. The number of carbonyl (C=O) groups is 1. The van der Waals surface area contributed by atoms with E-state index in [9.17, 15) is 18.0 Å². The Bertz CT molecular complexity index is 1350. The number of anilines is 2. The SMILES string of the molecule is CCCc1cc2c(N3CCn4c(nnc4C(F)(F)F)C3)nc(N3CC[C@@H](CNC(=O)OC(C)(C)C)C3)nc2s1. The Hall–Kier alpha value is -3.16. The van der Waals surface area contributed by atoms with Gasteiger partial charge in [0.2, 0.25) is 11.8 Å². The highest BCUT2D eigenvalue weighted by molar-refractivity contribution is 7.18. The Morgan fingerprint density at radius 2 is 1.95 bits per heavy atom. The van der Waals surface area contributed by atoms with Crippen LogP contribution < -0.4 is 15.1 Å². The first kappa shape index (κ1) is 27.4. The molecule has 3 aromatic heterocycles. The lowest BCUT2D eigenvalue weighted by molar-refractivity contribution is -0.147. The minimum Gasteiger partial charge on any atom is -0.444 e. The van der Waals surface area contributed by atoms with Crippen molar-refractivity contribution < 1.29 is 22.7 Å². The molecule has 1 fully saturated rings. The van der Waals surface area contributed by atoms with Crippen LogP contribution in [-0.4, -0.2) is 62.6 Å². The molecule has 2 aliphatic rings. The van der Waals surface area contributed by atoms with E-state index in [0.717, 1.165) is 40.6 Å². The molecular formula is C25H33F3N8O2S. The van der Waals surface area contributed by atoms with Gasteiger partial charge >= 0.3 is 12.3 Å². The fraction of sp³-hybridized carbons (Fsp3) is 0.640. The highest BCUT2D eigenvalue weighted by Crippen LogP contribution is 2.36. The number of aryl methyl sites for hydroxylation is 1. The van der Waals surface area contributed by atoms with E-state index in [4.69, 9.17) is 14.7 Å². The molecule has 14 heteroatoms. The van der Waals surface area contributed by atoms with Gasteiger partial charge in [-0.1, -0.05) is 13.3 Å². The smallest absolute Gasteiger partial charge is 0.444 e. The van der Waals surface area contributed by atoms with Crippen LogP contribution in [0.15, 0.2) is 6.07 Å². The number of rotatable bonds is 6. The summed E-state index contributed by atoms with van der Waals surface area (Å²) in [6.45, 7) is 10.1. The van der Waals surface area contributed by atoms with Crippen LogP contribution in [0.4, 0.5) is 29.7 Å². The Morgan fingerprint density at radius 1 is 1.15 bits per heavy atom. The summed E-state index contributed by atoms with van der Waals surface area (Å²) >= 11 is 1.63. The fourth-order valence-electron chi connectivity index (χ4n) is 4.97. The maximum Gasteiger partial charge on any atom is 0.451 e. The van der Waals surface area contributed by atoms with Gasteiger partial charge < -0.3 is 24.4 Å². The summed E-state index contributed by atoms with van der Waals surface area (Å²) in [5.74, 6) is 0.806. The molecule has 2 aliphatic heterocycles. The summed E-state index contributed by atoms with van der Waals surface area (Å²) in [6.07, 6.45) is -2.20. The van der Waals surface area contributed by atoms with Crippen LogP contribution in [0, 0.1) is 5.92 Å². The number of carbonyl (C=O) groups excluding carboxylic acids is 1. The second kappa shape index (κ2) is 10.4. The molecule has 0 bridgehead atoms. The molecule has 0 spiro atoms. The molecule has 3 aromatic rings. The molecule has 5 rings (SSSR count). The Labute approximate surface area is 228 Å². The van der Waals surface area contributed by atoms with Crippen molar-refractivity contribution in [3.8, 4) is 0 Å². The molecule has 212 valence electrons. The van der Waals surface area contributed by atoms with Crippen molar-refractivity contribution in [2.75, 3.05) is 36.0 Å². The van der Waals surface area contributed by atoms with Crippen LogP contribution in [0.25, 0.3) is 10.2 Å². The summed E-state index contributed by atoms with van der Waals surface area (Å²) < 4.78 is 46.5. The lowest BCUT2D eigenvalue weighted by Gasteiger charge is -2.30. The predicted molar refractivity (Wildman–Crippen MR) is 142 cm³/mol. The molecule has 1 saturated heterocycles. The molecule has 10 nitrogen and oxygen atoms in total. The van der Waals surface area contributed by atoms with Gasteiger partial charge in [0.1, 0.15) is 16.2 Å². The summed E-state index contributed by atoms with van der Waals surface area (Å²) in [4.78, 5) is 28.0. The number of thiophene rings is 1. The molecule has 0 radical (unpaired) electrons. The van der Waals surface area contributed by atoms with Gasteiger partial charge in [-0.15, -0.1) is 21.5 Å². The zero-order valence-corrected chi connectivity index (χ0v) is 23.3. The first-order chi connectivity index (χ1) is 18.4. The maximum absolute atomic E-state index is 13.3. The number of nitrogens with zero attached hydrogens (tertiary/aromatic N) is 7. The molecule has 5 heterocycles. The number of alkyl halides is 3. The molecule has 1 atom stereocenters. The third kappa shape index (κ3) is 6.04. The average Bonchev–Trinajstić information content (AvgIpc) is 3.58. The number of fused-ring (bicyclic) bond motifs is 2. The van der Waals surface area contributed by atoms with Crippen molar-refractivity contribution in [2.45, 2.75) is 71.8 Å². The lowest BCUT2D eigenvalue weighted by atomic mass is 10.1. The highest BCUT2D eigenvalue weighted by atomic mass is 32.1. The molecule has 39 heavy (non-hydrogen) atoms. The molecule has 1 N–H and O–H groups in total. The number of halogens is 3. The van der Waals surface area contributed by atoms with Crippen molar-refractivity contribution in [3.05, 3.63) is 22.6 Å².